The Kier molecular flexibility index (Phi) is 6.54. The molecule has 1 aromatic carbocycles. The van der Waals surface area contributed by atoms with Crippen molar-refractivity contribution < 1.29 is 4.79 Å². The highest BCUT2D eigenvalue weighted by molar-refractivity contribution is 5.94. The second-order valence-electron chi connectivity index (χ2n) is 9.34. The number of rotatable bonds is 4. The van der Waals surface area contributed by atoms with E-state index in [0.29, 0.717) is 23.9 Å². The molecule has 5 nitrogen and oxygen atoms in total. The van der Waals surface area contributed by atoms with Crippen LogP contribution in [-0.4, -0.2) is 34.5 Å². The van der Waals surface area contributed by atoms with E-state index in [1.807, 2.05) is 27.7 Å². The van der Waals surface area contributed by atoms with Crippen LogP contribution in [-0.2, 0) is 13.1 Å². The number of amides is 1. The lowest BCUT2D eigenvalue weighted by atomic mass is 9.84. The third-order valence-corrected chi connectivity index (χ3v) is 7.37. The standard InChI is InChI=1S/C25H31N3O2.ClH/c1-17-6-2-3-7-19(17)16-27(21-8-4-5-9-21)24(29)22-10-11-23-20-12-18(13-26-14-20)15-28(23)25(22)30;/h2-3,6-7,10-11,18,20-21,26H,4-5,8-9,12-16H2,1H3;1H/t18-,20+;/m0./s1. The Morgan fingerprint density at radius 1 is 1.13 bits per heavy atom. The van der Waals surface area contributed by atoms with Gasteiger partial charge in [-0.25, -0.2) is 0 Å². The SMILES string of the molecule is Cc1ccccc1CN(C(=O)c1ccc2n(c1=O)C[C@@H]1CNC[C@H]2C1)C1CCCC1.Cl. The van der Waals surface area contributed by atoms with E-state index in [2.05, 4.69) is 24.4 Å². The lowest BCUT2D eigenvalue weighted by Crippen LogP contribution is -2.47. The maximum atomic E-state index is 13.7. The molecule has 2 bridgehead atoms. The van der Waals surface area contributed by atoms with Crippen molar-refractivity contribution in [1.29, 1.82) is 0 Å². The molecule has 1 N–H and O–H groups in total. The maximum absolute atomic E-state index is 13.7. The molecule has 0 spiro atoms. The number of fused-ring (bicyclic) bond motifs is 4. The van der Waals surface area contributed by atoms with E-state index in [-0.39, 0.29) is 29.9 Å². The fraction of sp³-hybridized carbons (Fsp3) is 0.520. The monoisotopic (exact) mass is 441 g/mol. The Labute approximate surface area is 190 Å². The lowest BCUT2D eigenvalue weighted by Gasteiger charge is -2.38. The molecule has 2 aliphatic heterocycles. The number of nitrogens with one attached hydrogen (secondary N) is 1. The van der Waals surface area contributed by atoms with E-state index in [1.165, 1.54) is 5.56 Å². The summed E-state index contributed by atoms with van der Waals surface area (Å²) in [6, 6.07) is 12.3. The number of aryl methyl sites for hydroxylation is 1. The zero-order valence-corrected chi connectivity index (χ0v) is 19.0. The van der Waals surface area contributed by atoms with Crippen LogP contribution in [0.2, 0.25) is 0 Å². The van der Waals surface area contributed by atoms with E-state index in [4.69, 9.17) is 0 Å². The van der Waals surface area contributed by atoms with Gasteiger partial charge < -0.3 is 14.8 Å². The average Bonchev–Trinajstić information content (AvgIpc) is 3.28. The summed E-state index contributed by atoms with van der Waals surface area (Å²) in [5.74, 6) is 0.767. The minimum Gasteiger partial charge on any atom is -0.331 e. The number of pyridine rings is 1. The summed E-state index contributed by atoms with van der Waals surface area (Å²) >= 11 is 0. The third-order valence-electron chi connectivity index (χ3n) is 7.37. The highest BCUT2D eigenvalue weighted by Gasteiger charge is 2.34. The molecule has 2 aromatic rings. The fourth-order valence-electron chi connectivity index (χ4n) is 5.66. The first-order valence-electron chi connectivity index (χ1n) is 11.4. The summed E-state index contributed by atoms with van der Waals surface area (Å²) in [4.78, 5) is 29.1. The molecule has 3 heterocycles. The van der Waals surface area contributed by atoms with Crippen molar-refractivity contribution in [2.24, 2.45) is 5.92 Å². The molecular formula is C25H32ClN3O2. The van der Waals surface area contributed by atoms with E-state index >= 15 is 0 Å². The van der Waals surface area contributed by atoms with Gasteiger partial charge in [0.2, 0.25) is 0 Å². The number of aromatic nitrogens is 1. The first-order valence-corrected chi connectivity index (χ1v) is 11.4. The molecule has 2 atom stereocenters. The van der Waals surface area contributed by atoms with Crippen LogP contribution in [0.5, 0.6) is 0 Å². The van der Waals surface area contributed by atoms with Gasteiger partial charge in [0.15, 0.2) is 0 Å². The number of halogens is 1. The second kappa shape index (κ2) is 9.17. The van der Waals surface area contributed by atoms with E-state index in [9.17, 15) is 9.59 Å². The van der Waals surface area contributed by atoms with E-state index in [1.54, 1.807) is 6.07 Å². The van der Waals surface area contributed by atoms with Gasteiger partial charge in [0.05, 0.1) is 0 Å². The summed E-state index contributed by atoms with van der Waals surface area (Å²) in [7, 11) is 0. The molecule has 1 saturated carbocycles. The van der Waals surface area contributed by atoms with Crippen LogP contribution in [0.15, 0.2) is 41.2 Å². The van der Waals surface area contributed by atoms with Crippen molar-refractivity contribution in [3.05, 3.63) is 69.1 Å². The van der Waals surface area contributed by atoms with Crippen LogP contribution in [0.25, 0.3) is 0 Å². The number of hydrogen-bond donors (Lipinski definition) is 1. The van der Waals surface area contributed by atoms with Crippen LogP contribution in [0.4, 0.5) is 0 Å². The minimum absolute atomic E-state index is 0. The topological polar surface area (TPSA) is 54.3 Å². The maximum Gasteiger partial charge on any atom is 0.263 e. The molecule has 0 radical (unpaired) electrons. The Balaban J connectivity index is 0.00000231. The molecule has 1 amide bonds. The molecule has 1 aliphatic carbocycles. The Bertz CT molecular complexity index is 1010. The first-order chi connectivity index (χ1) is 14.6. The van der Waals surface area contributed by atoms with Crippen molar-refractivity contribution in [2.75, 3.05) is 13.1 Å². The van der Waals surface area contributed by atoms with Crippen LogP contribution in [0.1, 0.15) is 65.2 Å². The molecule has 6 heteroatoms. The van der Waals surface area contributed by atoms with Crippen LogP contribution >= 0.6 is 12.4 Å². The van der Waals surface area contributed by atoms with Gasteiger partial charge in [-0.05, 0) is 61.9 Å². The average molecular weight is 442 g/mol. The Morgan fingerprint density at radius 3 is 2.68 bits per heavy atom. The molecule has 2 fully saturated rings. The van der Waals surface area contributed by atoms with Gasteiger partial charge in [-0.3, -0.25) is 9.59 Å². The predicted octanol–water partition coefficient (Wildman–Crippen LogP) is 3.87. The molecule has 0 unspecified atom stereocenters. The number of hydrogen-bond acceptors (Lipinski definition) is 3. The van der Waals surface area contributed by atoms with E-state index in [0.717, 1.165) is 63.0 Å². The molecular weight excluding hydrogens is 410 g/mol. The Hall–Kier alpha value is -2.11. The summed E-state index contributed by atoms with van der Waals surface area (Å²) in [6.45, 7) is 5.27. The van der Waals surface area contributed by atoms with Gasteiger partial charge in [0.25, 0.3) is 11.5 Å². The highest BCUT2D eigenvalue weighted by Crippen LogP contribution is 2.32. The summed E-state index contributed by atoms with van der Waals surface area (Å²) in [6.07, 6.45) is 5.50. The predicted molar refractivity (Wildman–Crippen MR) is 125 cm³/mol. The smallest absolute Gasteiger partial charge is 0.263 e. The van der Waals surface area contributed by atoms with Crippen molar-refractivity contribution in [1.82, 2.24) is 14.8 Å². The number of piperidine rings is 1. The fourth-order valence-corrected chi connectivity index (χ4v) is 5.66. The van der Waals surface area contributed by atoms with Gasteiger partial charge in [-0.2, -0.15) is 0 Å². The van der Waals surface area contributed by atoms with Crippen molar-refractivity contribution in [3.8, 4) is 0 Å². The number of nitrogens with zero attached hydrogens (tertiary/aromatic N) is 2. The van der Waals surface area contributed by atoms with Gasteiger partial charge in [-0.1, -0.05) is 37.1 Å². The van der Waals surface area contributed by atoms with Crippen molar-refractivity contribution in [3.63, 3.8) is 0 Å². The lowest BCUT2D eigenvalue weighted by molar-refractivity contribution is 0.0661. The van der Waals surface area contributed by atoms with Crippen LogP contribution < -0.4 is 10.9 Å². The number of benzene rings is 1. The van der Waals surface area contributed by atoms with Gasteiger partial charge in [0, 0.05) is 37.3 Å². The van der Waals surface area contributed by atoms with Gasteiger partial charge in [-0.15, -0.1) is 12.4 Å². The minimum atomic E-state index is -0.0979. The van der Waals surface area contributed by atoms with Crippen molar-refractivity contribution >= 4 is 18.3 Å². The summed E-state index contributed by atoms with van der Waals surface area (Å²) < 4.78 is 1.90. The molecule has 1 aromatic heterocycles. The summed E-state index contributed by atoms with van der Waals surface area (Å²) in [5.41, 5.74) is 3.69. The van der Waals surface area contributed by atoms with Crippen LogP contribution in [0.3, 0.4) is 0 Å². The van der Waals surface area contributed by atoms with Gasteiger partial charge in [0.1, 0.15) is 5.56 Å². The zero-order valence-electron chi connectivity index (χ0n) is 18.2. The molecule has 5 rings (SSSR count). The quantitative estimate of drug-likeness (QED) is 0.783. The summed E-state index contributed by atoms with van der Waals surface area (Å²) in [5, 5.41) is 3.48. The molecule has 166 valence electrons. The van der Waals surface area contributed by atoms with Crippen LogP contribution in [0, 0.1) is 12.8 Å². The second-order valence-corrected chi connectivity index (χ2v) is 9.34. The zero-order chi connectivity index (χ0) is 20.7. The van der Waals surface area contributed by atoms with Gasteiger partial charge >= 0.3 is 0 Å². The first kappa shape index (κ1) is 22.1. The Morgan fingerprint density at radius 2 is 1.90 bits per heavy atom. The number of carbonyl (C=O) groups excluding carboxylic acids is 1. The third kappa shape index (κ3) is 4.18. The molecule has 3 aliphatic rings. The van der Waals surface area contributed by atoms with Crippen molar-refractivity contribution in [2.45, 2.75) is 64.1 Å². The molecule has 31 heavy (non-hydrogen) atoms. The normalized spacial score (nSPS) is 22.5. The van der Waals surface area contributed by atoms with E-state index < -0.39 is 0 Å². The molecule has 1 saturated heterocycles. The highest BCUT2D eigenvalue weighted by atomic mass is 35.5. The largest absolute Gasteiger partial charge is 0.331 e. The number of carbonyl (C=O) groups is 1.